The summed E-state index contributed by atoms with van der Waals surface area (Å²) < 4.78 is 43.1. The molecule has 0 aromatic heterocycles. The maximum absolute atomic E-state index is 12.7. The number of alkyl halides is 3. The smallest absolute Gasteiger partial charge is 0.416 e. The molecule has 3 amide bonds. The molecule has 1 atom stereocenters. The normalized spacial score (nSPS) is 15.8. The van der Waals surface area contributed by atoms with E-state index in [4.69, 9.17) is 16.3 Å². The van der Waals surface area contributed by atoms with Gasteiger partial charge < -0.3 is 10.1 Å². The molecule has 1 heterocycles. The first-order valence-corrected chi connectivity index (χ1v) is 9.91. The summed E-state index contributed by atoms with van der Waals surface area (Å²) in [6.07, 6.45) is -4.81. The number of anilines is 1. The van der Waals surface area contributed by atoms with Gasteiger partial charge in [0.1, 0.15) is 0 Å². The highest BCUT2D eigenvalue weighted by Crippen LogP contribution is 2.30. The number of nitrogens with zero attached hydrogens (tertiary/aromatic N) is 1. The van der Waals surface area contributed by atoms with Gasteiger partial charge >= 0.3 is 12.1 Å². The molecular formula is C21H17ClF3N3O5. The van der Waals surface area contributed by atoms with Gasteiger partial charge in [-0.2, -0.15) is 13.2 Å². The highest BCUT2D eigenvalue weighted by Gasteiger charge is 2.37. The number of benzene rings is 2. The fraction of sp³-hybridized carbons (Fsp3) is 0.238. The summed E-state index contributed by atoms with van der Waals surface area (Å²) in [7, 11) is 0. The van der Waals surface area contributed by atoms with Crippen molar-refractivity contribution >= 4 is 41.0 Å². The Balaban J connectivity index is 1.49. The number of hydrazine groups is 1. The van der Waals surface area contributed by atoms with Gasteiger partial charge in [0.25, 0.3) is 11.8 Å². The molecule has 0 saturated carbocycles. The summed E-state index contributed by atoms with van der Waals surface area (Å²) in [6, 6.07) is 9.92. The summed E-state index contributed by atoms with van der Waals surface area (Å²) in [4.78, 5) is 48.5. The molecule has 1 aliphatic heterocycles. The molecule has 1 saturated heterocycles. The van der Waals surface area contributed by atoms with Crippen LogP contribution in [0.15, 0.2) is 48.5 Å². The summed E-state index contributed by atoms with van der Waals surface area (Å²) in [5, 5.41) is 3.62. The minimum atomic E-state index is -4.57. The third-order valence-corrected chi connectivity index (χ3v) is 4.87. The zero-order valence-electron chi connectivity index (χ0n) is 16.8. The predicted molar refractivity (Wildman–Crippen MR) is 110 cm³/mol. The SMILES string of the molecule is O=C(COC(=O)[C@H]1CC(=O)N(NC(=O)c2ccc(Cl)cc2)C1)Nc1cccc(C(F)(F)F)c1. The average molecular weight is 484 g/mol. The Hall–Kier alpha value is -3.60. The van der Waals surface area contributed by atoms with Crippen LogP contribution in [0.5, 0.6) is 0 Å². The van der Waals surface area contributed by atoms with Gasteiger partial charge in [0.2, 0.25) is 5.91 Å². The van der Waals surface area contributed by atoms with Crippen molar-refractivity contribution in [2.75, 3.05) is 18.5 Å². The van der Waals surface area contributed by atoms with Gasteiger partial charge in [-0.1, -0.05) is 17.7 Å². The molecule has 0 radical (unpaired) electrons. The van der Waals surface area contributed by atoms with Gasteiger partial charge in [0, 0.05) is 22.7 Å². The predicted octanol–water partition coefficient (Wildman–Crippen LogP) is 3.03. The second kappa shape index (κ2) is 9.90. The number of hydrogen-bond donors (Lipinski definition) is 2. The number of halogens is 4. The van der Waals surface area contributed by atoms with E-state index >= 15 is 0 Å². The van der Waals surface area contributed by atoms with Crippen LogP contribution in [0.1, 0.15) is 22.3 Å². The highest BCUT2D eigenvalue weighted by atomic mass is 35.5. The Morgan fingerprint density at radius 2 is 1.82 bits per heavy atom. The van der Waals surface area contributed by atoms with Gasteiger partial charge in [0.05, 0.1) is 18.0 Å². The van der Waals surface area contributed by atoms with Crippen molar-refractivity contribution < 1.29 is 37.1 Å². The lowest BCUT2D eigenvalue weighted by molar-refractivity contribution is -0.151. The van der Waals surface area contributed by atoms with Crippen LogP contribution in [0.2, 0.25) is 5.02 Å². The Bertz CT molecular complexity index is 1080. The lowest BCUT2D eigenvalue weighted by Gasteiger charge is -2.17. The van der Waals surface area contributed by atoms with Crippen molar-refractivity contribution in [3.63, 3.8) is 0 Å². The van der Waals surface area contributed by atoms with E-state index in [1.807, 2.05) is 0 Å². The Morgan fingerprint density at radius 3 is 2.48 bits per heavy atom. The van der Waals surface area contributed by atoms with Crippen LogP contribution in [0.25, 0.3) is 0 Å². The minimum Gasteiger partial charge on any atom is -0.455 e. The topological polar surface area (TPSA) is 105 Å². The number of carbonyl (C=O) groups is 4. The first-order chi connectivity index (χ1) is 15.5. The number of carbonyl (C=O) groups excluding carboxylic acids is 4. The van der Waals surface area contributed by atoms with E-state index in [2.05, 4.69) is 10.7 Å². The fourth-order valence-corrected chi connectivity index (χ4v) is 3.11. The van der Waals surface area contributed by atoms with Crippen LogP contribution in [0.3, 0.4) is 0 Å². The maximum Gasteiger partial charge on any atom is 0.416 e. The molecule has 2 aromatic carbocycles. The van der Waals surface area contributed by atoms with Gasteiger partial charge in [-0.3, -0.25) is 29.6 Å². The van der Waals surface area contributed by atoms with Crippen LogP contribution in [-0.4, -0.2) is 41.9 Å². The maximum atomic E-state index is 12.7. The van der Waals surface area contributed by atoms with E-state index < -0.39 is 48.0 Å². The summed E-state index contributed by atoms with van der Waals surface area (Å²) in [5.74, 6) is -3.72. The molecule has 0 spiro atoms. The molecule has 0 bridgehead atoms. The number of esters is 1. The molecule has 8 nitrogen and oxygen atoms in total. The van der Waals surface area contributed by atoms with E-state index in [1.54, 1.807) is 0 Å². The highest BCUT2D eigenvalue weighted by molar-refractivity contribution is 6.30. The molecule has 12 heteroatoms. The number of hydrogen-bond acceptors (Lipinski definition) is 5. The third-order valence-electron chi connectivity index (χ3n) is 4.62. The number of ether oxygens (including phenoxy) is 1. The van der Waals surface area contributed by atoms with Crippen molar-refractivity contribution in [1.82, 2.24) is 10.4 Å². The zero-order chi connectivity index (χ0) is 24.2. The van der Waals surface area contributed by atoms with Crippen LogP contribution in [0, 0.1) is 5.92 Å². The van der Waals surface area contributed by atoms with Gasteiger partial charge in [-0.05, 0) is 42.5 Å². The van der Waals surface area contributed by atoms with E-state index in [0.717, 1.165) is 23.2 Å². The van der Waals surface area contributed by atoms with E-state index in [1.165, 1.54) is 30.3 Å². The van der Waals surface area contributed by atoms with Crippen molar-refractivity contribution in [3.05, 3.63) is 64.7 Å². The van der Waals surface area contributed by atoms with Crippen LogP contribution in [-0.2, 0) is 25.3 Å². The third kappa shape index (κ3) is 6.45. The first kappa shape index (κ1) is 24.1. The van der Waals surface area contributed by atoms with Gasteiger partial charge in [-0.25, -0.2) is 0 Å². The lowest BCUT2D eigenvalue weighted by Crippen LogP contribution is -2.43. The first-order valence-electron chi connectivity index (χ1n) is 9.53. The quantitative estimate of drug-likeness (QED) is 0.615. The standard InChI is InChI=1S/C21H17ClF3N3O5/c22-15-6-4-12(5-7-15)19(31)27-28-10-13(8-18(28)30)20(32)33-11-17(29)26-16-3-1-2-14(9-16)21(23,24)25/h1-7,9,13H,8,10-11H2,(H,26,29)(H,27,31)/t13-/m0/s1. The van der Waals surface area contributed by atoms with Gasteiger partial charge in [0.15, 0.2) is 6.61 Å². The zero-order valence-corrected chi connectivity index (χ0v) is 17.6. The molecule has 2 N–H and O–H groups in total. The number of rotatable bonds is 6. The largest absolute Gasteiger partial charge is 0.455 e. The Kier molecular flexibility index (Phi) is 7.22. The summed E-state index contributed by atoms with van der Waals surface area (Å²) in [5.41, 5.74) is 1.59. The van der Waals surface area contributed by atoms with E-state index in [9.17, 15) is 32.3 Å². The second-order valence-corrected chi connectivity index (χ2v) is 7.52. The molecule has 1 fully saturated rings. The molecule has 3 rings (SSSR count). The number of nitrogens with one attached hydrogen (secondary N) is 2. The Labute approximate surface area is 190 Å². The van der Waals surface area contributed by atoms with E-state index in [-0.39, 0.29) is 24.2 Å². The molecular weight excluding hydrogens is 467 g/mol. The molecule has 2 aromatic rings. The van der Waals surface area contributed by atoms with Crippen LogP contribution >= 0.6 is 11.6 Å². The summed E-state index contributed by atoms with van der Waals surface area (Å²) in [6.45, 7) is -0.914. The summed E-state index contributed by atoms with van der Waals surface area (Å²) >= 11 is 5.76. The second-order valence-electron chi connectivity index (χ2n) is 7.09. The minimum absolute atomic E-state index is 0.113. The lowest BCUT2D eigenvalue weighted by atomic mass is 10.1. The van der Waals surface area contributed by atoms with Crippen molar-refractivity contribution in [3.8, 4) is 0 Å². The molecule has 33 heavy (non-hydrogen) atoms. The van der Waals surface area contributed by atoms with Gasteiger partial charge in [-0.15, -0.1) is 0 Å². The fourth-order valence-electron chi connectivity index (χ4n) is 2.99. The van der Waals surface area contributed by atoms with Crippen molar-refractivity contribution in [2.45, 2.75) is 12.6 Å². The molecule has 174 valence electrons. The van der Waals surface area contributed by atoms with E-state index in [0.29, 0.717) is 5.02 Å². The monoisotopic (exact) mass is 483 g/mol. The Morgan fingerprint density at radius 1 is 1.12 bits per heavy atom. The molecule has 1 aliphatic rings. The average Bonchev–Trinajstić information content (AvgIpc) is 3.12. The molecule has 0 unspecified atom stereocenters. The number of amides is 3. The van der Waals surface area contributed by atoms with Crippen LogP contribution < -0.4 is 10.7 Å². The molecule has 0 aliphatic carbocycles. The van der Waals surface area contributed by atoms with Crippen molar-refractivity contribution in [1.29, 1.82) is 0 Å². The van der Waals surface area contributed by atoms with Crippen LogP contribution in [0.4, 0.5) is 18.9 Å². The van der Waals surface area contributed by atoms with Crippen molar-refractivity contribution in [2.24, 2.45) is 5.92 Å².